The molecule has 2 rings (SSSR count). The second-order valence-corrected chi connectivity index (χ2v) is 6.20. The van der Waals surface area contributed by atoms with Gasteiger partial charge in [0.25, 0.3) is 0 Å². The Morgan fingerprint density at radius 1 is 0.880 bits per heavy atom. The average molecular weight is 427 g/mol. The van der Waals surface area contributed by atoms with Crippen LogP contribution in [0.15, 0.2) is 30.3 Å². The molecular weight excluding hydrogens is 385 g/mol. The number of carbonyl (C=O) groups excluding carboxylic acids is 1. The van der Waals surface area contributed by atoms with Crippen molar-refractivity contribution < 1.29 is 37.5 Å². The van der Waals surface area contributed by atoms with Crippen LogP contribution < -0.4 is 0 Å². The first kappa shape index (κ1) is 32.4. The second-order valence-electron chi connectivity index (χ2n) is 6.20. The van der Waals surface area contributed by atoms with Crippen LogP contribution in [0.25, 0.3) is 0 Å². The van der Waals surface area contributed by atoms with Gasteiger partial charge in [0, 0.05) is 71.9 Å². The number of rotatable bonds is 2. The monoisotopic (exact) mass is 427 g/mol. The Hall–Kier alpha value is -0.246. The van der Waals surface area contributed by atoms with E-state index < -0.39 is 0 Å². The van der Waals surface area contributed by atoms with E-state index in [1.807, 2.05) is 11.0 Å². The molecule has 4 heteroatoms. The van der Waals surface area contributed by atoms with Crippen LogP contribution in [0.3, 0.4) is 0 Å². The Bertz CT molecular complexity index is 413. The third-order valence-electron chi connectivity index (χ3n) is 3.96. The SMILES string of the molecule is C.C.C.CC(=O)N1CCN(C(C)C)CC1.CC(C)c1ccccc1.[Y]. The summed E-state index contributed by atoms with van der Waals surface area (Å²) in [7, 11) is 0. The summed E-state index contributed by atoms with van der Waals surface area (Å²) in [4.78, 5) is 15.3. The summed E-state index contributed by atoms with van der Waals surface area (Å²) < 4.78 is 0. The van der Waals surface area contributed by atoms with Crippen molar-refractivity contribution in [3.05, 3.63) is 35.9 Å². The fourth-order valence-electron chi connectivity index (χ4n) is 2.39. The molecule has 3 nitrogen and oxygen atoms in total. The molecule has 1 aromatic rings. The van der Waals surface area contributed by atoms with E-state index >= 15 is 0 Å². The number of carbonyl (C=O) groups is 1. The summed E-state index contributed by atoms with van der Waals surface area (Å²) >= 11 is 0. The molecule has 0 spiro atoms. The molecule has 1 heterocycles. The van der Waals surface area contributed by atoms with E-state index in [-0.39, 0.29) is 60.9 Å². The Labute approximate surface area is 183 Å². The second kappa shape index (κ2) is 17.2. The molecule has 1 saturated heterocycles. The molecule has 1 aromatic carbocycles. The number of amides is 1. The third-order valence-corrected chi connectivity index (χ3v) is 3.96. The Morgan fingerprint density at radius 3 is 1.60 bits per heavy atom. The van der Waals surface area contributed by atoms with Gasteiger partial charge in [-0.25, -0.2) is 0 Å². The maximum absolute atomic E-state index is 11.0. The van der Waals surface area contributed by atoms with Gasteiger partial charge in [-0.15, -0.1) is 0 Å². The van der Waals surface area contributed by atoms with E-state index in [0.717, 1.165) is 26.2 Å². The van der Waals surface area contributed by atoms with Gasteiger partial charge in [0.2, 0.25) is 5.91 Å². The smallest absolute Gasteiger partial charge is 0.219 e. The number of hydrogen-bond acceptors (Lipinski definition) is 2. The van der Waals surface area contributed by atoms with E-state index in [4.69, 9.17) is 0 Å². The van der Waals surface area contributed by atoms with Crippen molar-refractivity contribution in [2.75, 3.05) is 26.2 Å². The number of hydrogen-bond donors (Lipinski definition) is 0. The van der Waals surface area contributed by atoms with Gasteiger partial charge in [-0.2, -0.15) is 0 Å². The molecule has 1 radical (unpaired) electrons. The molecule has 0 unspecified atom stereocenters. The first-order chi connectivity index (χ1) is 9.91. The molecule has 0 aromatic heterocycles. The summed E-state index contributed by atoms with van der Waals surface area (Å²) in [6, 6.07) is 11.1. The minimum atomic E-state index is 0. The standard InChI is InChI=1S/C9H18N2O.C9H12.3CH4.Y/c1-8(2)10-4-6-11(7-5-10)9(3)12;1-8(2)9-6-4-3-5-7-9;;;;/h8H,4-7H2,1-3H3;3-8H,1-2H3;3*1H4;. The van der Waals surface area contributed by atoms with E-state index in [1.54, 1.807) is 6.92 Å². The normalized spacial score (nSPS) is 13.3. The zero-order valence-corrected chi connectivity index (χ0v) is 17.6. The molecule has 1 aliphatic rings. The van der Waals surface area contributed by atoms with Gasteiger partial charge >= 0.3 is 0 Å². The molecule has 25 heavy (non-hydrogen) atoms. The van der Waals surface area contributed by atoms with Crippen molar-refractivity contribution in [3.63, 3.8) is 0 Å². The minimum Gasteiger partial charge on any atom is -0.340 e. The summed E-state index contributed by atoms with van der Waals surface area (Å²) in [6.45, 7) is 14.3. The van der Waals surface area contributed by atoms with Crippen LogP contribution in [-0.2, 0) is 37.5 Å². The largest absolute Gasteiger partial charge is 0.340 e. The van der Waals surface area contributed by atoms with Gasteiger partial charge in [0.05, 0.1) is 0 Å². The van der Waals surface area contributed by atoms with Crippen LogP contribution in [0.2, 0.25) is 0 Å². The number of nitrogens with zero attached hydrogens (tertiary/aromatic N) is 2. The van der Waals surface area contributed by atoms with Crippen molar-refractivity contribution in [2.45, 2.75) is 68.9 Å². The van der Waals surface area contributed by atoms with Gasteiger partial charge in [0.1, 0.15) is 0 Å². The van der Waals surface area contributed by atoms with Crippen LogP contribution in [0.5, 0.6) is 0 Å². The predicted molar refractivity (Wildman–Crippen MR) is 110 cm³/mol. The van der Waals surface area contributed by atoms with E-state index in [1.165, 1.54) is 5.56 Å². The van der Waals surface area contributed by atoms with Crippen LogP contribution in [0.4, 0.5) is 0 Å². The van der Waals surface area contributed by atoms with Gasteiger partial charge in [-0.05, 0) is 25.3 Å². The topological polar surface area (TPSA) is 23.6 Å². The Balaban J connectivity index is -0.000000156. The molecule has 0 atom stereocenters. The van der Waals surface area contributed by atoms with Crippen LogP contribution in [0, 0.1) is 0 Å². The van der Waals surface area contributed by atoms with Crippen molar-refractivity contribution in [3.8, 4) is 0 Å². The average Bonchev–Trinajstić information content (AvgIpc) is 2.49. The molecule has 0 bridgehead atoms. The van der Waals surface area contributed by atoms with E-state index in [2.05, 4.69) is 56.9 Å². The van der Waals surface area contributed by atoms with Gasteiger partial charge < -0.3 is 4.90 Å². The Morgan fingerprint density at radius 2 is 1.32 bits per heavy atom. The van der Waals surface area contributed by atoms with Crippen LogP contribution >= 0.6 is 0 Å². The van der Waals surface area contributed by atoms with Crippen LogP contribution in [0.1, 0.15) is 68.4 Å². The van der Waals surface area contributed by atoms with Crippen molar-refractivity contribution >= 4 is 5.91 Å². The summed E-state index contributed by atoms with van der Waals surface area (Å²) in [5, 5.41) is 0. The molecule has 0 aliphatic carbocycles. The van der Waals surface area contributed by atoms with E-state index in [0.29, 0.717) is 12.0 Å². The maximum Gasteiger partial charge on any atom is 0.219 e. The van der Waals surface area contributed by atoms with E-state index in [9.17, 15) is 4.79 Å². The maximum atomic E-state index is 11.0. The van der Waals surface area contributed by atoms with Crippen molar-refractivity contribution in [1.29, 1.82) is 0 Å². The molecule has 1 aliphatic heterocycles. The molecule has 1 fully saturated rings. The Kier molecular flexibility index (Phi) is 22.3. The first-order valence-electron chi connectivity index (χ1n) is 7.96. The number of benzene rings is 1. The summed E-state index contributed by atoms with van der Waals surface area (Å²) in [5.41, 5.74) is 1.41. The molecule has 1 amide bonds. The molecule has 0 saturated carbocycles. The van der Waals surface area contributed by atoms with Crippen LogP contribution in [-0.4, -0.2) is 47.9 Å². The fraction of sp³-hybridized carbons (Fsp3) is 0.667. The van der Waals surface area contributed by atoms with Gasteiger partial charge in [0.15, 0.2) is 0 Å². The first-order valence-corrected chi connectivity index (χ1v) is 7.96. The molecule has 0 N–H and O–H groups in total. The van der Waals surface area contributed by atoms with Crippen molar-refractivity contribution in [2.24, 2.45) is 0 Å². The third kappa shape index (κ3) is 12.7. The fourth-order valence-corrected chi connectivity index (χ4v) is 2.39. The van der Waals surface area contributed by atoms with Gasteiger partial charge in [-0.3, -0.25) is 9.69 Å². The summed E-state index contributed by atoms with van der Waals surface area (Å²) in [6.07, 6.45) is 0. The zero-order chi connectivity index (χ0) is 15.8. The quantitative estimate of drug-likeness (QED) is 0.642. The zero-order valence-electron chi connectivity index (χ0n) is 14.7. The van der Waals surface area contributed by atoms with Gasteiger partial charge in [-0.1, -0.05) is 66.5 Å². The predicted octanol–water partition coefficient (Wildman–Crippen LogP) is 5.27. The number of piperazine rings is 1. The minimum absolute atomic E-state index is 0. The molecule has 145 valence electrons. The summed E-state index contributed by atoms with van der Waals surface area (Å²) in [5.74, 6) is 0.865. The molecular formula is C21H42N2OY. The van der Waals surface area contributed by atoms with Crippen molar-refractivity contribution in [1.82, 2.24) is 9.80 Å².